The summed E-state index contributed by atoms with van der Waals surface area (Å²) in [5, 5.41) is 0. The molecule has 0 atom stereocenters. The van der Waals surface area contributed by atoms with Gasteiger partial charge in [0.05, 0.1) is 12.1 Å². The molecule has 0 amide bonds. The summed E-state index contributed by atoms with van der Waals surface area (Å²) in [5.74, 6) is 0.743. The Morgan fingerprint density at radius 2 is 1.70 bits per heavy atom. The molecular weight excluding hydrogens is 295 g/mol. The molecule has 2 rings (SSSR count). The first-order chi connectivity index (χ1) is 9.48. The molecule has 0 spiro atoms. The molecule has 106 valence electrons. The third-order valence-corrected chi connectivity index (χ3v) is 2.59. The molecule has 0 bridgehead atoms. The molecule has 0 radical (unpaired) electrons. The van der Waals surface area contributed by atoms with Crippen molar-refractivity contribution in [3.8, 4) is 17.2 Å². The van der Waals surface area contributed by atoms with E-state index >= 15 is 0 Å². The second-order valence-electron chi connectivity index (χ2n) is 3.74. The summed E-state index contributed by atoms with van der Waals surface area (Å²) >= 11 is 5.74. The lowest BCUT2D eigenvalue weighted by molar-refractivity contribution is -0.274. The Morgan fingerprint density at radius 3 is 2.30 bits per heavy atom. The second kappa shape index (κ2) is 6.00. The van der Waals surface area contributed by atoms with Crippen LogP contribution in [0.25, 0.3) is 0 Å². The number of halogens is 4. The van der Waals surface area contributed by atoms with E-state index in [1.807, 2.05) is 0 Å². The summed E-state index contributed by atoms with van der Waals surface area (Å²) in [7, 11) is 0. The van der Waals surface area contributed by atoms with Gasteiger partial charge in [-0.1, -0.05) is 0 Å². The third-order valence-electron chi connectivity index (χ3n) is 2.30. The summed E-state index contributed by atoms with van der Waals surface area (Å²) in [6.45, 7) is 0. The van der Waals surface area contributed by atoms with Crippen molar-refractivity contribution in [2.45, 2.75) is 12.2 Å². The lowest BCUT2D eigenvalue weighted by Gasteiger charge is -2.11. The van der Waals surface area contributed by atoms with Crippen LogP contribution in [0.2, 0.25) is 0 Å². The number of hydrogen-bond donors (Lipinski definition) is 0. The zero-order valence-corrected chi connectivity index (χ0v) is 10.8. The predicted octanol–water partition coefficient (Wildman–Crippen LogP) is 4.51. The minimum absolute atomic E-state index is 0.243. The number of hydrogen-bond acceptors (Lipinski definition) is 3. The van der Waals surface area contributed by atoms with E-state index in [-0.39, 0.29) is 11.6 Å². The van der Waals surface area contributed by atoms with E-state index in [2.05, 4.69) is 9.72 Å². The average molecular weight is 304 g/mol. The van der Waals surface area contributed by atoms with E-state index in [0.29, 0.717) is 11.5 Å². The van der Waals surface area contributed by atoms with Crippen molar-refractivity contribution in [2.75, 3.05) is 0 Å². The van der Waals surface area contributed by atoms with Gasteiger partial charge in [0, 0.05) is 11.8 Å². The Kier molecular flexibility index (Phi) is 4.34. The standard InChI is InChI=1S/C13H9ClF3NO2/c14-7-9-5-6-18-8-12(9)19-10-1-3-11(4-2-10)20-13(15,16)17/h1-6,8H,7H2. The molecule has 7 heteroatoms. The highest BCUT2D eigenvalue weighted by atomic mass is 35.5. The van der Waals surface area contributed by atoms with E-state index in [1.54, 1.807) is 12.3 Å². The largest absolute Gasteiger partial charge is 0.573 e. The Bertz CT molecular complexity index is 573. The lowest BCUT2D eigenvalue weighted by atomic mass is 10.3. The quantitative estimate of drug-likeness (QED) is 0.779. The van der Waals surface area contributed by atoms with Crippen LogP contribution in [-0.4, -0.2) is 11.3 Å². The van der Waals surface area contributed by atoms with Crippen molar-refractivity contribution in [1.82, 2.24) is 4.98 Å². The molecule has 0 unspecified atom stereocenters. The molecule has 0 aliphatic carbocycles. The monoisotopic (exact) mass is 303 g/mol. The van der Waals surface area contributed by atoms with Gasteiger partial charge < -0.3 is 9.47 Å². The van der Waals surface area contributed by atoms with Gasteiger partial charge in [-0.25, -0.2) is 0 Å². The van der Waals surface area contributed by atoms with Gasteiger partial charge in [-0.15, -0.1) is 24.8 Å². The van der Waals surface area contributed by atoms with Crippen LogP contribution < -0.4 is 9.47 Å². The number of aromatic nitrogens is 1. The fourth-order valence-corrected chi connectivity index (χ4v) is 1.67. The van der Waals surface area contributed by atoms with E-state index in [0.717, 1.165) is 5.56 Å². The highest BCUT2D eigenvalue weighted by molar-refractivity contribution is 6.17. The Labute approximate surface area is 117 Å². The van der Waals surface area contributed by atoms with Gasteiger partial charge in [0.2, 0.25) is 0 Å². The molecule has 3 nitrogen and oxygen atoms in total. The Hall–Kier alpha value is -1.95. The van der Waals surface area contributed by atoms with Crippen LogP contribution in [0.1, 0.15) is 5.56 Å². The fourth-order valence-electron chi connectivity index (χ4n) is 1.45. The van der Waals surface area contributed by atoms with Crippen LogP contribution in [-0.2, 0) is 5.88 Å². The van der Waals surface area contributed by atoms with Gasteiger partial charge in [0.25, 0.3) is 0 Å². The zero-order valence-electron chi connectivity index (χ0n) is 10.0. The molecular formula is C13H9ClF3NO2. The fraction of sp³-hybridized carbons (Fsp3) is 0.154. The highest BCUT2D eigenvalue weighted by Crippen LogP contribution is 2.28. The molecule has 0 saturated carbocycles. The smallest absolute Gasteiger partial charge is 0.455 e. The van der Waals surface area contributed by atoms with Crippen molar-refractivity contribution in [3.05, 3.63) is 48.3 Å². The molecule has 1 heterocycles. The zero-order chi connectivity index (χ0) is 14.6. The first kappa shape index (κ1) is 14.5. The van der Waals surface area contributed by atoms with Crippen LogP contribution in [0.3, 0.4) is 0 Å². The van der Waals surface area contributed by atoms with Crippen molar-refractivity contribution >= 4 is 11.6 Å². The predicted molar refractivity (Wildman–Crippen MR) is 67.0 cm³/mol. The van der Waals surface area contributed by atoms with Crippen LogP contribution in [0.15, 0.2) is 42.7 Å². The molecule has 0 fully saturated rings. The molecule has 2 aromatic rings. The van der Waals surface area contributed by atoms with E-state index in [4.69, 9.17) is 16.3 Å². The summed E-state index contributed by atoms with van der Waals surface area (Å²) < 4.78 is 45.3. The van der Waals surface area contributed by atoms with Crippen molar-refractivity contribution in [2.24, 2.45) is 0 Å². The van der Waals surface area contributed by atoms with Crippen LogP contribution in [0, 0.1) is 0 Å². The Morgan fingerprint density at radius 1 is 1.05 bits per heavy atom. The lowest BCUT2D eigenvalue weighted by Crippen LogP contribution is -2.16. The van der Waals surface area contributed by atoms with Gasteiger partial charge in [0.1, 0.15) is 17.2 Å². The maximum absolute atomic E-state index is 12.0. The van der Waals surface area contributed by atoms with Gasteiger partial charge in [0.15, 0.2) is 0 Å². The number of benzene rings is 1. The van der Waals surface area contributed by atoms with Gasteiger partial charge in [-0.05, 0) is 30.3 Å². The van der Waals surface area contributed by atoms with Crippen molar-refractivity contribution in [1.29, 1.82) is 0 Å². The van der Waals surface area contributed by atoms with Crippen molar-refractivity contribution < 1.29 is 22.6 Å². The molecule has 0 N–H and O–H groups in total. The highest BCUT2D eigenvalue weighted by Gasteiger charge is 2.30. The molecule has 0 aliphatic rings. The minimum Gasteiger partial charge on any atom is -0.455 e. The van der Waals surface area contributed by atoms with E-state index in [1.165, 1.54) is 30.5 Å². The van der Waals surface area contributed by atoms with Gasteiger partial charge in [-0.2, -0.15) is 0 Å². The minimum atomic E-state index is -4.71. The number of pyridine rings is 1. The van der Waals surface area contributed by atoms with Crippen LogP contribution in [0.5, 0.6) is 17.2 Å². The van der Waals surface area contributed by atoms with Crippen LogP contribution >= 0.6 is 11.6 Å². The summed E-state index contributed by atoms with van der Waals surface area (Å²) in [4.78, 5) is 3.90. The van der Waals surface area contributed by atoms with Crippen molar-refractivity contribution in [3.63, 3.8) is 0 Å². The number of ether oxygens (including phenoxy) is 2. The number of rotatable bonds is 4. The average Bonchev–Trinajstić information content (AvgIpc) is 2.40. The topological polar surface area (TPSA) is 31.4 Å². The first-order valence-corrected chi connectivity index (χ1v) is 6.04. The molecule has 1 aromatic carbocycles. The maximum Gasteiger partial charge on any atom is 0.573 e. The van der Waals surface area contributed by atoms with E-state index in [9.17, 15) is 13.2 Å². The maximum atomic E-state index is 12.0. The molecule has 20 heavy (non-hydrogen) atoms. The normalized spacial score (nSPS) is 11.2. The van der Waals surface area contributed by atoms with Gasteiger partial charge in [-0.3, -0.25) is 4.98 Å². The summed E-state index contributed by atoms with van der Waals surface area (Å²) in [6.07, 6.45) is -1.65. The second-order valence-corrected chi connectivity index (χ2v) is 4.01. The van der Waals surface area contributed by atoms with Crippen LogP contribution in [0.4, 0.5) is 13.2 Å². The van der Waals surface area contributed by atoms with E-state index < -0.39 is 6.36 Å². The third kappa shape index (κ3) is 4.03. The first-order valence-electron chi connectivity index (χ1n) is 5.50. The molecule has 0 saturated heterocycles. The summed E-state index contributed by atoms with van der Waals surface area (Å²) in [6, 6.07) is 6.76. The number of nitrogens with zero attached hydrogens (tertiary/aromatic N) is 1. The molecule has 0 aliphatic heterocycles. The summed E-state index contributed by atoms with van der Waals surface area (Å²) in [5.41, 5.74) is 0.734. The SMILES string of the molecule is FC(F)(F)Oc1ccc(Oc2cnccc2CCl)cc1. The Balaban J connectivity index is 2.11. The molecule has 1 aromatic heterocycles. The van der Waals surface area contributed by atoms with Gasteiger partial charge >= 0.3 is 6.36 Å². The number of alkyl halides is 4.